The van der Waals surface area contributed by atoms with E-state index in [0.717, 1.165) is 44.9 Å². The van der Waals surface area contributed by atoms with Crippen molar-refractivity contribution in [2.24, 2.45) is 0 Å². The predicted molar refractivity (Wildman–Crippen MR) is 91.8 cm³/mol. The molecule has 0 radical (unpaired) electrons. The third kappa shape index (κ3) is 4.92. The van der Waals surface area contributed by atoms with Crippen molar-refractivity contribution in [2.75, 3.05) is 39.4 Å². The lowest BCUT2D eigenvalue weighted by Gasteiger charge is -2.26. The van der Waals surface area contributed by atoms with E-state index in [0.29, 0.717) is 13.1 Å². The number of hydrogen-bond donors (Lipinski definition) is 1. The summed E-state index contributed by atoms with van der Waals surface area (Å²) in [6.45, 7) is 4.25. The van der Waals surface area contributed by atoms with E-state index in [1.807, 2.05) is 0 Å². The maximum Gasteiger partial charge on any atom is 0.240 e. The summed E-state index contributed by atoms with van der Waals surface area (Å²) in [6.07, 6.45) is 4.87. The number of morpholine rings is 1. The molecule has 1 saturated carbocycles. The number of benzene rings is 1. The highest BCUT2D eigenvalue weighted by molar-refractivity contribution is 7.89. The summed E-state index contributed by atoms with van der Waals surface area (Å²) in [5, 5.41) is 0. The van der Waals surface area contributed by atoms with E-state index < -0.39 is 10.0 Å². The molecule has 0 amide bonds. The van der Waals surface area contributed by atoms with Crippen LogP contribution in [0, 0.1) is 0 Å². The number of sulfonamides is 1. The van der Waals surface area contributed by atoms with Crippen LogP contribution in [0.4, 0.5) is 0 Å². The largest absolute Gasteiger partial charge is 0.490 e. The van der Waals surface area contributed by atoms with Gasteiger partial charge in [-0.3, -0.25) is 4.90 Å². The van der Waals surface area contributed by atoms with Gasteiger partial charge in [-0.1, -0.05) is 0 Å². The van der Waals surface area contributed by atoms with E-state index in [2.05, 4.69) is 9.62 Å². The predicted octanol–water partition coefficient (Wildman–Crippen LogP) is 1.62. The first kappa shape index (κ1) is 17.7. The van der Waals surface area contributed by atoms with Crippen LogP contribution >= 0.6 is 0 Å². The Kier molecular flexibility index (Phi) is 6.10. The van der Waals surface area contributed by atoms with Crippen molar-refractivity contribution in [1.82, 2.24) is 9.62 Å². The summed E-state index contributed by atoms with van der Waals surface area (Å²) in [5.74, 6) is 0.745. The molecule has 2 fully saturated rings. The van der Waals surface area contributed by atoms with Crippen molar-refractivity contribution < 1.29 is 17.9 Å². The zero-order valence-corrected chi connectivity index (χ0v) is 14.8. The average molecular weight is 354 g/mol. The Balaban J connectivity index is 1.49. The molecule has 24 heavy (non-hydrogen) atoms. The van der Waals surface area contributed by atoms with Gasteiger partial charge in [0.05, 0.1) is 24.2 Å². The van der Waals surface area contributed by atoms with Gasteiger partial charge in [0.1, 0.15) is 5.75 Å². The second kappa shape index (κ2) is 8.29. The molecule has 1 heterocycles. The molecule has 7 heteroatoms. The molecule has 134 valence electrons. The third-order valence-corrected chi connectivity index (χ3v) is 6.04. The second-order valence-corrected chi connectivity index (χ2v) is 8.11. The fraction of sp³-hybridized carbons (Fsp3) is 0.647. The van der Waals surface area contributed by atoms with E-state index in [1.54, 1.807) is 24.3 Å². The average Bonchev–Trinajstić information content (AvgIpc) is 3.09. The molecule has 0 bridgehead atoms. The molecule has 3 rings (SSSR count). The molecule has 1 aliphatic carbocycles. The molecule has 1 aromatic rings. The van der Waals surface area contributed by atoms with Gasteiger partial charge in [0.15, 0.2) is 0 Å². The van der Waals surface area contributed by atoms with Crippen molar-refractivity contribution in [2.45, 2.75) is 36.7 Å². The first-order valence-electron chi connectivity index (χ1n) is 8.70. The molecular weight excluding hydrogens is 328 g/mol. The van der Waals surface area contributed by atoms with Crippen LogP contribution in [0.25, 0.3) is 0 Å². The smallest absolute Gasteiger partial charge is 0.240 e. The van der Waals surface area contributed by atoms with Gasteiger partial charge in [-0.05, 0) is 49.9 Å². The number of nitrogens with zero attached hydrogens (tertiary/aromatic N) is 1. The Hall–Kier alpha value is -1.15. The highest BCUT2D eigenvalue weighted by Gasteiger charge is 2.18. The topological polar surface area (TPSA) is 67.9 Å². The van der Waals surface area contributed by atoms with Crippen LogP contribution in [0.1, 0.15) is 25.7 Å². The van der Waals surface area contributed by atoms with Crippen LogP contribution in [0.3, 0.4) is 0 Å². The van der Waals surface area contributed by atoms with Gasteiger partial charge in [0.25, 0.3) is 0 Å². The number of hydrogen-bond acceptors (Lipinski definition) is 5. The Morgan fingerprint density at radius 3 is 2.46 bits per heavy atom. The minimum atomic E-state index is -3.47. The fourth-order valence-corrected chi connectivity index (χ4v) is 4.16. The SMILES string of the molecule is O=S(=O)(NCCN1CCOCC1)c1ccc(OC2CCCC2)cc1. The van der Waals surface area contributed by atoms with E-state index in [-0.39, 0.29) is 11.0 Å². The highest BCUT2D eigenvalue weighted by Crippen LogP contribution is 2.24. The van der Waals surface area contributed by atoms with Crippen LogP contribution < -0.4 is 9.46 Å². The van der Waals surface area contributed by atoms with Gasteiger partial charge in [-0.25, -0.2) is 13.1 Å². The van der Waals surface area contributed by atoms with Crippen LogP contribution in [0.15, 0.2) is 29.2 Å². The molecule has 0 aromatic heterocycles. The molecule has 1 aromatic carbocycles. The van der Waals surface area contributed by atoms with Gasteiger partial charge in [-0.15, -0.1) is 0 Å². The molecule has 2 aliphatic rings. The van der Waals surface area contributed by atoms with Crippen molar-refractivity contribution in [3.05, 3.63) is 24.3 Å². The van der Waals surface area contributed by atoms with Gasteiger partial charge in [-0.2, -0.15) is 0 Å². The van der Waals surface area contributed by atoms with Gasteiger partial charge < -0.3 is 9.47 Å². The normalized spacial score (nSPS) is 20.3. The third-order valence-electron chi connectivity index (χ3n) is 4.56. The van der Waals surface area contributed by atoms with Crippen LogP contribution in [0.5, 0.6) is 5.75 Å². The first-order chi connectivity index (χ1) is 11.6. The van der Waals surface area contributed by atoms with Gasteiger partial charge >= 0.3 is 0 Å². The quantitative estimate of drug-likeness (QED) is 0.806. The molecule has 1 N–H and O–H groups in total. The fourth-order valence-electron chi connectivity index (χ4n) is 3.14. The summed E-state index contributed by atoms with van der Waals surface area (Å²) in [4.78, 5) is 2.48. The number of nitrogens with one attached hydrogen (secondary N) is 1. The summed E-state index contributed by atoms with van der Waals surface area (Å²) in [6, 6.07) is 6.71. The van der Waals surface area contributed by atoms with Crippen LogP contribution in [0.2, 0.25) is 0 Å². The first-order valence-corrected chi connectivity index (χ1v) is 10.2. The molecule has 1 aliphatic heterocycles. The minimum Gasteiger partial charge on any atom is -0.490 e. The highest BCUT2D eigenvalue weighted by atomic mass is 32.2. The van der Waals surface area contributed by atoms with Crippen molar-refractivity contribution in [1.29, 1.82) is 0 Å². The molecule has 0 unspecified atom stereocenters. The minimum absolute atomic E-state index is 0.277. The lowest BCUT2D eigenvalue weighted by atomic mass is 10.3. The number of ether oxygens (including phenoxy) is 2. The zero-order valence-electron chi connectivity index (χ0n) is 13.9. The monoisotopic (exact) mass is 354 g/mol. The summed E-state index contributed by atoms with van der Waals surface area (Å²) in [7, 11) is -3.47. The molecule has 6 nitrogen and oxygen atoms in total. The van der Waals surface area contributed by atoms with Gasteiger partial charge in [0.2, 0.25) is 10.0 Å². The Morgan fingerprint density at radius 1 is 1.12 bits per heavy atom. The molecule has 1 saturated heterocycles. The van der Waals surface area contributed by atoms with E-state index in [4.69, 9.17) is 9.47 Å². The summed E-state index contributed by atoms with van der Waals surface area (Å²) in [5.41, 5.74) is 0. The van der Waals surface area contributed by atoms with E-state index in [1.165, 1.54) is 12.8 Å². The summed E-state index contributed by atoms with van der Waals surface area (Å²) < 4.78 is 38.5. The zero-order chi connectivity index (χ0) is 16.8. The summed E-state index contributed by atoms with van der Waals surface area (Å²) >= 11 is 0. The van der Waals surface area contributed by atoms with E-state index >= 15 is 0 Å². The molecular formula is C17H26N2O4S. The lowest BCUT2D eigenvalue weighted by molar-refractivity contribution is 0.0390. The second-order valence-electron chi connectivity index (χ2n) is 6.35. The Morgan fingerprint density at radius 2 is 1.79 bits per heavy atom. The van der Waals surface area contributed by atoms with Gasteiger partial charge in [0, 0.05) is 26.2 Å². The molecule has 0 spiro atoms. The molecule has 0 atom stereocenters. The van der Waals surface area contributed by atoms with Crippen molar-refractivity contribution in [3.8, 4) is 5.75 Å². The van der Waals surface area contributed by atoms with Crippen molar-refractivity contribution in [3.63, 3.8) is 0 Å². The standard InChI is InChI=1S/C17H26N2O4S/c20-24(21,18-9-10-19-11-13-22-14-12-19)17-7-5-16(6-8-17)23-15-3-1-2-4-15/h5-8,15,18H,1-4,9-14H2. The Labute approximate surface area is 144 Å². The Bertz CT molecular complexity index is 606. The van der Waals surface area contributed by atoms with Crippen LogP contribution in [-0.2, 0) is 14.8 Å². The maximum atomic E-state index is 12.3. The van der Waals surface area contributed by atoms with Crippen LogP contribution in [-0.4, -0.2) is 58.8 Å². The maximum absolute atomic E-state index is 12.3. The van der Waals surface area contributed by atoms with Crippen molar-refractivity contribution >= 4 is 10.0 Å². The lowest BCUT2D eigenvalue weighted by Crippen LogP contribution is -2.41. The number of rotatable bonds is 7. The van der Waals surface area contributed by atoms with E-state index in [9.17, 15) is 8.42 Å².